The van der Waals surface area contributed by atoms with Crippen molar-refractivity contribution in [3.8, 4) is 0 Å². The molecule has 1 saturated heterocycles. The second-order valence-corrected chi connectivity index (χ2v) is 10.0. The topological polar surface area (TPSA) is 88.5 Å². The summed E-state index contributed by atoms with van der Waals surface area (Å²) in [6, 6.07) is 19.0. The van der Waals surface area contributed by atoms with Crippen LogP contribution in [0.15, 0.2) is 82.6 Å². The molecule has 4 rings (SSSR count). The molecule has 1 aromatic heterocycles. The van der Waals surface area contributed by atoms with Gasteiger partial charge in [0, 0.05) is 31.9 Å². The molecule has 0 bridgehead atoms. The number of hydrogen-bond donors (Lipinski definition) is 1. The third-order valence-corrected chi connectivity index (χ3v) is 7.75. The van der Waals surface area contributed by atoms with Crippen molar-refractivity contribution in [1.82, 2.24) is 14.2 Å². The number of carbonyl (C=O) groups is 1. The summed E-state index contributed by atoms with van der Waals surface area (Å²) in [5, 5.41) is 2.83. The molecule has 0 atom stereocenters. The molecular formula is C25H27N3O4S. The van der Waals surface area contributed by atoms with E-state index in [0.29, 0.717) is 19.6 Å². The maximum atomic E-state index is 13.1. The lowest BCUT2D eigenvalue weighted by Crippen LogP contribution is -2.37. The molecule has 0 spiro atoms. The van der Waals surface area contributed by atoms with Crippen LogP contribution in [-0.2, 0) is 23.1 Å². The van der Waals surface area contributed by atoms with Crippen LogP contribution in [-0.4, -0.2) is 36.3 Å². The number of nitrogens with zero attached hydrogens (tertiary/aromatic N) is 2. The lowest BCUT2D eigenvalue weighted by Gasteiger charge is -2.26. The molecule has 0 saturated carbocycles. The number of nitrogens with one attached hydrogen (secondary N) is 1. The largest absolute Gasteiger partial charge is 0.348 e. The van der Waals surface area contributed by atoms with Crippen molar-refractivity contribution in [1.29, 1.82) is 0 Å². The van der Waals surface area contributed by atoms with Crippen molar-refractivity contribution < 1.29 is 13.2 Å². The fourth-order valence-corrected chi connectivity index (χ4v) is 5.66. The number of amides is 1. The molecule has 7 nitrogen and oxygen atoms in total. The van der Waals surface area contributed by atoms with Gasteiger partial charge in [0.2, 0.25) is 10.0 Å². The van der Waals surface area contributed by atoms with Gasteiger partial charge in [-0.1, -0.05) is 48.9 Å². The van der Waals surface area contributed by atoms with E-state index in [0.717, 1.165) is 30.4 Å². The van der Waals surface area contributed by atoms with E-state index in [1.807, 2.05) is 30.3 Å². The average Bonchev–Trinajstić information content (AvgIpc) is 2.85. The van der Waals surface area contributed by atoms with E-state index < -0.39 is 15.9 Å². The molecule has 33 heavy (non-hydrogen) atoms. The first-order valence-corrected chi connectivity index (χ1v) is 12.5. The van der Waals surface area contributed by atoms with E-state index in [4.69, 9.17) is 0 Å². The zero-order chi connectivity index (χ0) is 23.3. The van der Waals surface area contributed by atoms with Crippen LogP contribution in [0.3, 0.4) is 0 Å². The first-order valence-electron chi connectivity index (χ1n) is 11.1. The smallest absolute Gasteiger partial charge is 0.252 e. The second kappa shape index (κ2) is 10.1. The molecule has 8 heteroatoms. The Morgan fingerprint density at radius 3 is 2.24 bits per heavy atom. The highest BCUT2D eigenvalue weighted by atomic mass is 32.2. The van der Waals surface area contributed by atoms with Gasteiger partial charge >= 0.3 is 0 Å². The standard InChI is InChI=1S/C25H27N3O4S/c29-24-10-4-7-15-27(24)19-21-13-11-20(12-14-21)18-26-25(30)22-8-2-3-9-23(22)33(31,32)28-16-5-1-6-17-28/h2-4,7-15H,1,5-6,16-19H2,(H,26,30). The van der Waals surface area contributed by atoms with Crippen LogP contribution >= 0.6 is 0 Å². The fourth-order valence-electron chi connectivity index (χ4n) is 3.95. The van der Waals surface area contributed by atoms with Crippen LogP contribution < -0.4 is 10.9 Å². The molecule has 1 N–H and O–H groups in total. The van der Waals surface area contributed by atoms with Crippen molar-refractivity contribution in [2.75, 3.05) is 13.1 Å². The Labute approximate surface area is 193 Å². The van der Waals surface area contributed by atoms with Crippen molar-refractivity contribution in [2.45, 2.75) is 37.2 Å². The van der Waals surface area contributed by atoms with Gasteiger partial charge in [0.15, 0.2) is 0 Å². The molecule has 2 heterocycles. The Hall–Kier alpha value is -3.23. The summed E-state index contributed by atoms with van der Waals surface area (Å²) >= 11 is 0. The van der Waals surface area contributed by atoms with Gasteiger partial charge in [0.1, 0.15) is 0 Å². The van der Waals surface area contributed by atoms with Crippen molar-refractivity contribution >= 4 is 15.9 Å². The minimum atomic E-state index is -3.71. The maximum Gasteiger partial charge on any atom is 0.252 e. The molecule has 0 radical (unpaired) electrons. The first kappa shape index (κ1) is 22.9. The summed E-state index contributed by atoms with van der Waals surface area (Å²) in [6.45, 7) is 1.70. The van der Waals surface area contributed by atoms with Gasteiger partial charge in [-0.15, -0.1) is 0 Å². The van der Waals surface area contributed by atoms with Crippen LogP contribution in [0.5, 0.6) is 0 Å². The summed E-state index contributed by atoms with van der Waals surface area (Å²) in [6.07, 6.45) is 4.44. The number of pyridine rings is 1. The molecule has 1 amide bonds. The molecule has 1 aliphatic heterocycles. The molecule has 172 valence electrons. The van der Waals surface area contributed by atoms with Gasteiger partial charge in [0.25, 0.3) is 11.5 Å². The average molecular weight is 466 g/mol. The summed E-state index contributed by atoms with van der Waals surface area (Å²) < 4.78 is 29.3. The number of hydrogen-bond acceptors (Lipinski definition) is 4. The third kappa shape index (κ3) is 5.40. The molecule has 1 aliphatic rings. The van der Waals surface area contributed by atoms with Crippen LogP contribution in [0.25, 0.3) is 0 Å². The molecule has 2 aromatic carbocycles. The minimum absolute atomic E-state index is 0.0491. The van der Waals surface area contributed by atoms with E-state index in [2.05, 4.69) is 5.32 Å². The van der Waals surface area contributed by atoms with E-state index in [1.165, 1.54) is 16.4 Å². The monoisotopic (exact) mass is 465 g/mol. The van der Waals surface area contributed by atoms with Crippen LogP contribution in [0.4, 0.5) is 0 Å². The third-order valence-electron chi connectivity index (χ3n) is 5.79. The second-order valence-electron chi connectivity index (χ2n) is 8.13. The molecule has 1 fully saturated rings. The van der Waals surface area contributed by atoms with Crippen LogP contribution in [0, 0.1) is 0 Å². The summed E-state index contributed by atoms with van der Waals surface area (Å²) in [4.78, 5) is 24.8. The van der Waals surface area contributed by atoms with E-state index in [9.17, 15) is 18.0 Å². The highest BCUT2D eigenvalue weighted by Gasteiger charge is 2.29. The number of aromatic nitrogens is 1. The van der Waals surface area contributed by atoms with Gasteiger partial charge in [-0.3, -0.25) is 9.59 Å². The highest BCUT2D eigenvalue weighted by molar-refractivity contribution is 7.89. The molecule has 3 aromatic rings. The van der Waals surface area contributed by atoms with E-state index in [-0.39, 0.29) is 22.6 Å². The molecule has 0 aliphatic carbocycles. The van der Waals surface area contributed by atoms with Crippen molar-refractivity contribution in [2.24, 2.45) is 0 Å². The Kier molecular flexibility index (Phi) is 7.05. The quantitative estimate of drug-likeness (QED) is 0.581. The highest BCUT2D eigenvalue weighted by Crippen LogP contribution is 2.23. The maximum absolute atomic E-state index is 13.1. The number of rotatable bonds is 7. The number of carbonyl (C=O) groups excluding carboxylic acids is 1. The van der Waals surface area contributed by atoms with Crippen LogP contribution in [0.1, 0.15) is 40.7 Å². The fraction of sp³-hybridized carbons (Fsp3) is 0.280. The number of sulfonamides is 1. The summed E-state index contributed by atoms with van der Waals surface area (Å²) in [5.74, 6) is -0.425. The molecule has 0 unspecified atom stereocenters. The normalized spacial score (nSPS) is 14.7. The van der Waals surface area contributed by atoms with E-state index in [1.54, 1.807) is 35.0 Å². The number of benzene rings is 2. The minimum Gasteiger partial charge on any atom is -0.348 e. The predicted molar refractivity (Wildman–Crippen MR) is 126 cm³/mol. The van der Waals surface area contributed by atoms with Crippen LogP contribution in [0.2, 0.25) is 0 Å². The van der Waals surface area contributed by atoms with Gasteiger partial charge in [-0.25, -0.2) is 8.42 Å². The zero-order valence-corrected chi connectivity index (χ0v) is 19.1. The van der Waals surface area contributed by atoms with Crippen molar-refractivity contribution in [3.63, 3.8) is 0 Å². The van der Waals surface area contributed by atoms with E-state index >= 15 is 0 Å². The Bertz CT molecular complexity index is 1280. The summed E-state index contributed by atoms with van der Waals surface area (Å²) in [5.41, 5.74) is 1.94. The van der Waals surface area contributed by atoms with Gasteiger partial charge in [-0.2, -0.15) is 4.31 Å². The first-order chi connectivity index (χ1) is 15.9. The van der Waals surface area contributed by atoms with Gasteiger partial charge in [0.05, 0.1) is 17.0 Å². The lowest BCUT2D eigenvalue weighted by molar-refractivity contribution is 0.0947. The lowest BCUT2D eigenvalue weighted by atomic mass is 10.1. The SMILES string of the molecule is O=C(NCc1ccc(Cn2ccccc2=O)cc1)c1ccccc1S(=O)(=O)N1CCCCC1. The zero-order valence-electron chi connectivity index (χ0n) is 18.3. The number of piperidine rings is 1. The Morgan fingerprint density at radius 1 is 0.848 bits per heavy atom. The Morgan fingerprint density at radius 2 is 1.52 bits per heavy atom. The summed E-state index contributed by atoms with van der Waals surface area (Å²) in [7, 11) is -3.71. The Balaban J connectivity index is 1.43. The predicted octanol–water partition coefficient (Wildman–Crippen LogP) is 3.00. The van der Waals surface area contributed by atoms with Crippen molar-refractivity contribution in [3.05, 3.63) is 100.0 Å². The van der Waals surface area contributed by atoms with Gasteiger partial charge in [-0.05, 0) is 42.2 Å². The molecular weight excluding hydrogens is 438 g/mol. The van der Waals surface area contributed by atoms with Gasteiger partial charge < -0.3 is 9.88 Å².